The molecule has 4 nitrogen and oxygen atoms in total. The number of benzene rings is 2. The summed E-state index contributed by atoms with van der Waals surface area (Å²) in [5.74, 6) is 0.103. The van der Waals surface area contributed by atoms with Crippen LogP contribution in [0.1, 0.15) is 0 Å². The summed E-state index contributed by atoms with van der Waals surface area (Å²) in [5.41, 5.74) is 13.4. The number of nitrogen functional groups attached to an aromatic ring is 2. The van der Waals surface area contributed by atoms with Gasteiger partial charge in [0.2, 0.25) is 0 Å². The maximum atomic E-state index is 9.48. The molecule has 0 fully saturated rings. The first-order valence-electron chi connectivity index (χ1n) is 4.74. The lowest BCUT2D eigenvalue weighted by Gasteiger charge is -2.06. The molecule has 0 amide bonds. The van der Waals surface area contributed by atoms with E-state index < -0.39 is 0 Å². The lowest BCUT2D eigenvalue weighted by Crippen LogP contribution is -1.88. The van der Waals surface area contributed by atoms with E-state index >= 15 is 0 Å². The van der Waals surface area contributed by atoms with E-state index in [1.54, 1.807) is 24.3 Å². The van der Waals surface area contributed by atoms with E-state index in [0.29, 0.717) is 11.4 Å². The molecule has 2 aromatic carbocycles. The zero-order valence-corrected chi connectivity index (χ0v) is 8.51. The van der Waals surface area contributed by atoms with Gasteiger partial charge >= 0.3 is 0 Å². The van der Waals surface area contributed by atoms with Gasteiger partial charge in [0, 0.05) is 11.8 Å². The van der Waals surface area contributed by atoms with Crippen molar-refractivity contribution in [2.45, 2.75) is 0 Å². The number of rotatable bonds is 1. The molecule has 0 aromatic heterocycles. The van der Waals surface area contributed by atoms with Gasteiger partial charge in [0.25, 0.3) is 0 Å². The number of nitrogens with two attached hydrogens (primary N) is 2. The van der Waals surface area contributed by atoms with Crippen molar-refractivity contribution in [3.05, 3.63) is 36.4 Å². The number of phenolic OH excluding ortho intramolecular Hbond substituents is 2. The van der Waals surface area contributed by atoms with Gasteiger partial charge < -0.3 is 21.7 Å². The van der Waals surface area contributed by atoms with Crippen LogP contribution in [0, 0.1) is 0 Å². The summed E-state index contributed by atoms with van der Waals surface area (Å²) in [5, 5.41) is 18.9. The molecule has 0 aliphatic carbocycles. The van der Waals surface area contributed by atoms with Crippen molar-refractivity contribution in [2.75, 3.05) is 11.5 Å². The van der Waals surface area contributed by atoms with E-state index in [2.05, 4.69) is 0 Å². The van der Waals surface area contributed by atoms with Crippen molar-refractivity contribution >= 4 is 11.4 Å². The highest BCUT2D eigenvalue weighted by atomic mass is 16.3. The summed E-state index contributed by atoms with van der Waals surface area (Å²) in [7, 11) is 0. The number of aromatic hydroxyl groups is 2. The Morgan fingerprint density at radius 3 is 2.19 bits per heavy atom. The SMILES string of the molecule is Nc1cc(O)cc(-c2ccc(N)c(O)c2)c1. The first-order chi connectivity index (χ1) is 7.56. The van der Waals surface area contributed by atoms with Crippen LogP contribution in [0.15, 0.2) is 36.4 Å². The fourth-order valence-corrected chi connectivity index (χ4v) is 1.52. The zero-order valence-electron chi connectivity index (χ0n) is 8.51. The van der Waals surface area contributed by atoms with Crippen molar-refractivity contribution in [1.82, 2.24) is 0 Å². The minimum Gasteiger partial charge on any atom is -0.508 e. The minimum absolute atomic E-state index is 0.0133. The number of hydrogen-bond acceptors (Lipinski definition) is 4. The first kappa shape index (κ1) is 10.2. The molecule has 0 atom stereocenters. The Labute approximate surface area is 92.8 Å². The molecule has 0 saturated carbocycles. The van der Waals surface area contributed by atoms with Gasteiger partial charge in [0.15, 0.2) is 0 Å². The molecule has 0 saturated heterocycles. The summed E-state index contributed by atoms with van der Waals surface area (Å²) in [6, 6.07) is 9.63. The standard InChI is InChI=1S/C12H12N2O2/c13-9-3-8(4-10(15)6-9)7-1-2-11(14)12(16)5-7/h1-6,15-16H,13-14H2. The Hall–Kier alpha value is -2.36. The Morgan fingerprint density at radius 2 is 1.56 bits per heavy atom. The highest BCUT2D eigenvalue weighted by molar-refractivity contribution is 5.73. The molecule has 0 aliphatic heterocycles. The second kappa shape index (κ2) is 3.66. The van der Waals surface area contributed by atoms with Crippen LogP contribution in [-0.2, 0) is 0 Å². The van der Waals surface area contributed by atoms with E-state index in [0.717, 1.165) is 11.1 Å². The molecule has 6 N–H and O–H groups in total. The summed E-state index contributed by atoms with van der Waals surface area (Å²) < 4.78 is 0. The van der Waals surface area contributed by atoms with Crippen LogP contribution >= 0.6 is 0 Å². The van der Waals surface area contributed by atoms with Crippen LogP contribution in [0.25, 0.3) is 11.1 Å². The topological polar surface area (TPSA) is 92.5 Å². The minimum atomic E-state index is 0.0133. The molecule has 4 heteroatoms. The lowest BCUT2D eigenvalue weighted by molar-refractivity contribution is 0.475. The van der Waals surface area contributed by atoms with Gasteiger partial charge in [-0.3, -0.25) is 0 Å². The third kappa shape index (κ3) is 1.86. The van der Waals surface area contributed by atoms with E-state index in [4.69, 9.17) is 11.5 Å². The Morgan fingerprint density at radius 1 is 0.812 bits per heavy atom. The van der Waals surface area contributed by atoms with Gasteiger partial charge in [-0.05, 0) is 35.4 Å². The fourth-order valence-electron chi connectivity index (χ4n) is 1.52. The van der Waals surface area contributed by atoms with Crippen molar-refractivity contribution < 1.29 is 10.2 Å². The maximum Gasteiger partial charge on any atom is 0.139 e. The number of anilines is 2. The Kier molecular flexibility index (Phi) is 2.32. The van der Waals surface area contributed by atoms with Crippen LogP contribution in [-0.4, -0.2) is 10.2 Å². The highest BCUT2D eigenvalue weighted by Crippen LogP contribution is 2.31. The second-order valence-corrected chi connectivity index (χ2v) is 3.59. The maximum absolute atomic E-state index is 9.48. The highest BCUT2D eigenvalue weighted by Gasteiger charge is 2.04. The smallest absolute Gasteiger partial charge is 0.139 e. The molecule has 2 rings (SSSR count). The van der Waals surface area contributed by atoms with Gasteiger partial charge in [-0.2, -0.15) is 0 Å². The van der Waals surface area contributed by atoms with Crippen molar-refractivity contribution in [1.29, 1.82) is 0 Å². The first-order valence-corrected chi connectivity index (χ1v) is 4.74. The van der Waals surface area contributed by atoms with E-state index in [-0.39, 0.29) is 11.5 Å². The monoisotopic (exact) mass is 216 g/mol. The number of hydrogen-bond donors (Lipinski definition) is 4. The summed E-state index contributed by atoms with van der Waals surface area (Å²) in [6.45, 7) is 0. The van der Waals surface area contributed by atoms with Crippen LogP contribution < -0.4 is 11.5 Å². The molecular formula is C12H12N2O2. The average Bonchev–Trinajstić information content (AvgIpc) is 2.20. The fraction of sp³-hybridized carbons (Fsp3) is 0. The van der Waals surface area contributed by atoms with Gasteiger partial charge in [-0.25, -0.2) is 0 Å². The lowest BCUT2D eigenvalue weighted by atomic mass is 10.0. The zero-order chi connectivity index (χ0) is 11.7. The third-order valence-corrected chi connectivity index (χ3v) is 2.30. The Balaban J connectivity index is 2.54. The van der Waals surface area contributed by atoms with Crippen molar-refractivity contribution in [3.63, 3.8) is 0 Å². The van der Waals surface area contributed by atoms with Crippen LogP contribution in [0.5, 0.6) is 11.5 Å². The van der Waals surface area contributed by atoms with Gasteiger partial charge in [-0.15, -0.1) is 0 Å². The molecule has 0 spiro atoms. The molecule has 16 heavy (non-hydrogen) atoms. The van der Waals surface area contributed by atoms with E-state index in [9.17, 15) is 10.2 Å². The molecular weight excluding hydrogens is 204 g/mol. The summed E-state index contributed by atoms with van der Waals surface area (Å²) in [6.07, 6.45) is 0. The predicted octanol–water partition coefficient (Wildman–Crippen LogP) is 1.93. The van der Waals surface area contributed by atoms with E-state index in [1.165, 1.54) is 12.1 Å². The van der Waals surface area contributed by atoms with Crippen LogP contribution in [0.2, 0.25) is 0 Å². The van der Waals surface area contributed by atoms with Crippen LogP contribution in [0.3, 0.4) is 0 Å². The Bertz CT molecular complexity index is 518. The predicted molar refractivity (Wildman–Crippen MR) is 64.0 cm³/mol. The summed E-state index contributed by atoms with van der Waals surface area (Å²) in [4.78, 5) is 0. The molecule has 0 bridgehead atoms. The average molecular weight is 216 g/mol. The van der Waals surface area contributed by atoms with Gasteiger partial charge in [-0.1, -0.05) is 6.07 Å². The normalized spacial score (nSPS) is 10.2. The molecule has 0 radical (unpaired) electrons. The molecule has 2 aromatic rings. The van der Waals surface area contributed by atoms with E-state index in [1.807, 2.05) is 0 Å². The van der Waals surface area contributed by atoms with Crippen LogP contribution in [0.4, 0.5) is 11.4 Å². The second-order valence-electron chi connectivity index (χ2n) is 3.59. The quantitative estimate of drug-likeness (QED) is 0.433. The molecule has 0 unspecified atom stereocenters. The molecule has 0 aliphatic rings. The van der Waals surface area contributed by atoms with Crippen molar-refractivity contribution in [3.8, 4) is 22.6 Å². The molecule has 82 valence electrons. The van der Waals surface area contributed by atoms with Crippen molar-refractivity contribution in [2.24, 2.45) is 0 Å². The number of phenols is 2. The largest absolute Gasteiger partial charge is 0.508 e. The summed E-state index contributed by atoms with van der Waals surface area (Å²) >= 11 is 0. The van der Waals surface area contributed by atoms with Gasteiger partial charge in [0.1, 0.15) is 11.5 Å². The molecule has 0 heterocycles. The third-order valence-electron chi connectivity index (χ3n) is 2.30. The van der Waals surface area contributed by atoms with Gasteiger partial charge in [0.05, 0.1) is 5.69 Å².